The van der Waals surface area contributed by atoms with E-state index in [-0.39, 0.29) is 5.92 Å². The molecule has 0 amide bonds. The second-order valence-corrected chi connectivity index (χ2v) is 3.40. The zero-order valence-corrected chi connectivity index (χ0v) is 8.69. The quantitative estimate of drug-likeness (QED) is 0.670. The third-order valence-electron chi connectivity index (χ3n) is 2.00. The average Bonchev–Trinajstić information content (AvgIpc) is 2.19. The Balaban J connectivity index is 2.67. The van der Waals surface area contributed by atoms with Crippen molar-refractivity contribution in [2.75, 3.05) is 6.61 Å². The molecule has 0 aromatic heterocycles. The lowest BCUT2D eigenvalue weighted by Gasteiger charge is -2.07. The second-order valence-electron chi connectivity index (χ2n) is 3.40. The Morgan fingerprint density at radius 1 is 1.50 bits per heavy atom. The second kappa shape index (κ2) is 5.43. The number of benzene rings is 1. The molecule has 0 N–H and O–H groups in total. The third kappa shape index (κ3) is 3.21. The molecule has 1 rings (SSSR count). The zero-order chi connectivity index (χ0) is 10.4. The van der Waals surface area contributed by atoms with Crippen molar-refractivity contribution in [1.29, 1.82) is 0 Å². The van der Waals surface area contributed by atoms with Gasteiger partial charge in [-0.2, -0.15) is 0 Å². The number of aldehydes is 1. The molecule has 0 aliphatic rings. The number of carbonyl (C=O) groups is 1. The van der Waals surface area contributed by atoms with E-state index in [0.29, 0.717) is 6.61 Å². The molecule has 0 heterocycles. The van der Waals surface area contributed by atoms with Crippen LogP contribution in [0, 0.1) is 5.92 Å². The molecule has 0 aliphatic heterocycles. The summed E-state index contributed by atoms with van der Waals surface area (Å²) in [5.74, 6) is 0.954. The number of carbonyl (C=O) groups excluding carboxylic acids is 1. The summed E-state index contributed by atoms with van der Waals surface area (Å²) in [6.07, 6.45) is 1.76. The van der Waals surface area contributed by atoms with Crippen LogP contribution in [-0.4, -0.2) is 12.9 Å². The average molecular weight is 192 g/mol. The molecule has 1 aromatic carbocycles. The molecule has 76 valence electrons. The molecule has 0 saturated carbocycles. The summed E-state index contributed by atoms with van der Waals surface area (Å²) in [5.41, 5.74) is 1.15. The monoisotopic (exact) mass is 192 g/mol. The molecule has 0 spiro atoms. The Hall–Kier alpha value is -1.31. The van der Waals surface area contributed by atoms with E-state index >= 15 is 0 Å². The summed E-state index contributed by atoms with van der Waals surface area (Å²) in [7, 11) is 0. The zero-order valence-electron chi connectivity index (χ0n) is 8.69. The molecular formula is C12H16O2. The van der Waals surface area contributed by atoms with Crippen LogP contribution in [0.25, 0.3) is 0 Å². The highest BCUT2D eigenvalue weighted by Crippen LogP contribution is 2.15. The predicted molar refractivity (Wildman–Crippen MR) is 56.5 cm³/mol. The normalized spacial score (nSPS) is 12.1. The number of rotatable bonds is 5. The van der Waals surface area contributed by atoms with E-state index in [1.807, 2.05) is 38.1 Å². The van der Waals surface area contributed by atoms with Gasteiger partial charge in [0.05, 0.1) is 6.61 Å². The molecule has 2 nitrogen and oxygen atoms in total. The van der Waals surface area contributed by atoms with Crippen LogP contribution in [0.2, 0.25) is 0 Å². The van der Waals surface area contributed by atoms with Crippen LogP contribution < -0.4 is 4.74 Å². The minimum absolute atomic E-state index is 0.0758. The molecule has 2 heteroatoms. The van der Waals surface area contributed by atoms with Crippen LogP contribution in [0.15, 0.2) is 24.3 Å². The van der Waals surface area contributed by atoms with Gasteiger partial charge in [0.1, 0.15) is 12.0 Å². The minimum Gasteiger partial charge on any atom is -0.494 e. The first-order chi connectivity index (χ1) is 6.76. The van der Waals surface area contributed by atoms with Gasteiger partial charge in [0, 0.05) is 5.92 Å². The lowest BCUT2D eigenvalue weighted by Crippen LogP contribution is -2.01. The molecule has 0 aliphatic carbocycles. The van der Waals surface area contributed by atoms with Crippen LogP contribution in [0.3, 0.4) is 0 Å². The van der Waals surface area contributed by atoms with Gasteiger partial charge in [-0.3, -0.25) is 0 Å². The van der Waals surface area contributed by atoms with Crippen molar-refractivity contribution in [2.45, 2.75) is 20.3 Å². The topological polar surface area (TPSA) is 26.3 Å². The SMILES string of the molecule is CCOc1cccc(CC(C)C=O)c1. The van der Waals surface area contributed by atoms with Gasteiger partial charge < -0.3 is 9.53 Å². The van der Waals surface area contributed by atoms with Crippen molar-refractivity contribution < 1.29 is 9.53 Å². The van der Waals surface area contributed by atoms with Gasteiger partial charge in [0.15, 0.2) is 0 Å². The van der Waals surface area contributed by atoms with Crippen LogP contribution in [0.5, 0.6) is 5.75 Å². The van der Waals surface area contributed by atoms with Gasteiger partial charge >= 0.3 is 0 Å². The summed E-state index contributed by atoms with van der Waals surface area (Å²) in [5, 5.41) is 0. The Morgan fingerprint density at radius 3 is 2.93 bits per heavy atom. The Labute approximate surface area is 84.9 Å². The highest BCUT2D eigenvalue weighted by atomic mass is 16.5. The first-order valence-corrected chi connectivity index (χ1v) is 4.93. The number of ether oxygens (including phenoxy) is 1. The van der Waals surface area contributed by atoms with Crippen molar-refractivity contribution in [3.63, 3.8) is 0 Å². The minimum atomic E-state index is 0.0758. The molecule has 0 fully saturated rings. The van der Waals surface area contributed by atoms with Gasteiger partial charge in [0.2, 0.25) is 0 Å². The van der Waals surface area contributed by atoms with Crippen molar-refractivity contribution in [3.05, 3.63) is 29.8 Å². The van der Waals surface area contributed by atoms with Crippen LogP contribution in [-0.2, 0) is 11.2 Å². The highest BCUT2D eigenvalue weighted by molar-refractivity contribution is 5.53. The Kier molecular flexibility index (Phi) is 4.17. The van der Waals surface area contributed by atoms with Crippen molar-refractivity contribution in [1.82, 2.24) is 0 Å². The van der Waals surface area contributed by atoms with Crippen LogP contribution in [0.1, 0.15) is 19.4 Å². The standard InChI is InChI=1S/C12H16O2/c1-3-14-12-6-4-5-11(8-12)7-10(2)9-13/h4-6,8-10H,3,7H2,1-2H3. The van der Waals surface area contributed by atoms with Crippen molar-refractivity contribution >= 4 is 6.29 Å². The fourth-order valence-electron chi connectivity index (χ4n) is 1.35. The molecule has 0 radical (unpaired) electrons. The summed E-state index contributed by atoms with van der Waals surface area (Å²) < 4.78 is 5.37. The Bertz CT molecular complexity index is 294. The summed E-state index contributed by atoms with van der Waals surface area (Å²) in [6, 6.07) is 7.89. The Morgan fingerprint density at radius 2 is 2.29 bits per heavy atom. The third-order valence-corrected chi connectivity index (χ3v) is 2.00. The maximum Gasteiger partial charge on any atom is 0.123 e. The molecule has 1 atom stereocenters. The fourth-order valence-corrected chi connectivity index (χ4v) is 1.35. The van der Waals surface area contributed by atoms with Crippen LogP contribution >= 0.6 is 0 Å². The first kappa shape index (κ1) is 10.8. The predicted octanol–water partition coefficient (Wildman–Crippen LogP) is 2.46. The molecule has 1 unspecified atom stereocenters. The number of hydrogen-bond acceptors (Lipinski definition) is 2. The van der Waals surface area contributed by atoms with E-state index in [2.05, 4.69) is 0 Å². The number of hydrogen-bond donors (Lipinski definition) is 0. The van der Waals surface area contributed by atoms with Crippen molar-refractivity contribution in [2.24, 2.45) is 5.92 Å². The van der Waals surface area contributed by atoms with Crippen LogP contribution in [0.4, 0.5) is 0 Å². The maximum absolute atomic E-state index is 10.5. The van der Waals surface area contributed by atoms with E-state index in [9.17, 15) is 4.79 Å². The van der Waals surface area contributed by atoms with Gasteiger partial charge in [-0.15, -0.1) is 0 Å². The van der Waals surface area contributed by atoms with Gasteiger partial charge in [-0.1, -0.05) is 19.1 Å². The van der Waals surface area contributed by atoms with Gasteiger partial charge in [0.25, 0.3) is 0 Å². The largest absolute Gasteiger partial charge is 0.494 e. The lowest BCUT2D eigenvalue weighted by molar-refractivity contribution is -0.110. The molecule has 14 heavy (non-hydrogen) atoms. The highest BCUT2D eigenvalue weighted by Gasteiger charge is 2.02. The maximum atomic E-state index is 10.5. The smallest absolute Gasteiger partial charge is 0.123 e. The fraction of sp³-hybridized carbons (Fsp3) is 0.417. The summed E-state index contributed by atoms with van der Waals surface area (Å²) >= 11 is 0. The first-order valence-electron chi connectivity index (χ1n) is 4.93. The summed E-state index contributed by atoms with van der Waals surface area (Å²) in [4.78, 5) is 10.5. The van der Waals surface area contributed by atoms with E-state index in [4.69, 9.17) is 4.74 Å². The molecule has 0 bridgehead atoms. The van der Waals surface area contributed by atoms with Gasteiger partial charge in [-0.25, -0.2) is 0 Å². The van der Waals surface area contributed by atoms with Gasteiger partial charge in [-0.05, 0) is 31.0 Å². The van der Waals surface area contributed by atoms with E-state index in [0.717, 1.165) is 24.0 Å². The summed E-state index contributed by atoms with van der Waals surface area (Å²) in [6.45, 7) is 4.55. The molecule has 1 aromatic rings. The van der Waals surface area contributed by atoms with E-state index < -0.39 is 0 Å². The molecular weight excluding hydrogens is 176 g/mol. The van der Waals surface area contributed by atoms with Crippen molar-refractivity contribution in [3.8, 4) is 5.75 Å². The molecule has 0 saturated heterocycles. The van der Waals surface area contributed by atoms with E-state index in [1.165, 1.54) is 0 Å². The lowest BCUT2D eigenvalue weighted by atomic mass is 10.0. The van der Waals surface area contributed by atoms with E-state index in [1.54, 1.807) is 0 Å².